The summed E-state index contributed by atoms with van der Waals surface area (Å²) in [6.45, 7) is 4.69. The zero-order valence-corrected chi connectivity index (χ0v) is 16.7. The van der Waals surface area contributed by atoms with Crippen molar-refractivity contribution in [3.05, 3.63) is 29.8 Å². The number of carbonyl (C=O) groups is 3. The number of likely N-dealkylation sites (tertiary alicyclic amines) is 1. The van der Waals surface area contributed by atoms with Gasteiger partial charge in [0, 0.05) is 13.6 Å². The molecule has 0 saturated carbocycles. The van der Waals surface area contributed by atoms with Gasteiger partial charge in [0.15, 0.2) is 6.10 Å². The van der Waals surface area contributed by atoms with Crippen molar-refractivity contribution in [1.29, 1.82) is 0 Å². The first-order valence-electron chi connectivity index (χ1n) is 9.49. The predicted molar refractivity (Wildman–Crippen MR) is 101 cm³/mol. The predicted octanol–water partition coefficient (Wildman–Crippen LogP) is 1.13. The summed E-state index contributed by atoms with van der Waals surface area (Å²) < 4.78 is 5.29. The van der Waals surface area contributed by atoms with Crippen molar-refractivity contribution in [2.24, 2.45) is 11.8 Å². The number of benzene rings is 1. The van der Waals surface area contributed by atoms with Gasteiger partial charge in [-0.05, 0) is 30.0 Å². The van der Waals surface area contributed by atoms with E-state index in [0.717, 1.165) is 16.9 Å². The van der Waals surface area contributed by atoms with E-state index in [9.17, 15) is 14.4 Å². The number of likely N-dealkylation sites (N-methyl/N-ethyl adjacent to an activating group) is 1. The maximum absolute atomic E-state index is 12.7. The Hall–Kier alpha value is -2.45. The highest BCUT2D eigenvalue weighted by molar-refractivity contribution is 6.07. The average Bonchev–Trinajstić information content (AvgIpc) is 3.13. The normalized spacial score (nSPS) is 24.8. The van der Waals surface area contributed by atoms with Crippen molar-refractivity contribution in [3.8, 4) is 5.75 Å². The van der Waals surface area contributed by atoms with E-state index in [2.05, 4.69) is 19.2 Å². The van der Waals surface area contributed by atoms with Gasteiger partial charge in [0.05, 0.1) is 19.1 Å². The van der Waals surface area contributed by atoms with E-state index in [1.54, 1.807) is 19.2 Å². The lowest BCUT2D eigenvalue weighted by Gasteiger charge is -2.26. The molecular weight excluding hydrogens is 362 g/mol. The summed E-state index contributed by atoms with van der Waals surface area (Å²) in [6, 6.07) is 6.72. The van der Waals surface area contributed by atoms with Crippen LogP contribution >= 0.6 is 0 Å². The third-order valence-electron chi connectivity index (χ3n) is 5.19. The molecule has 1 N–H and O–H groups in total. The number of carbonyl (C=O) groups excluding carboxylic acids is 3. The Morgan fingerprint density at radius 3 is 2.71 bits per heavy atom. The number of nitrogens with zero attached hydrogens (tertiary/aromatic N) is 2. The standard InChI is InChI=1S/C20H27N3O5/c1-12(2)8-9-21-15(24)11-23-17(13-6-5-7-14(10-13)27-4)16-18(28-23)20(26)22(3)19(16)25/h5-7,10,12,16-18H,8-9,11H2,1-4H3,(H,21,24). The van der Waals surface area contributed by atoms with Gasteiger partial charge in [-0.2, -0.15) is 5.06 Å². The smallest absolute Gasteiger partial charge is 0.261 e. The molecule has 8 nitrogen and oxygen atoms in total. The lowest BCUT2D eigenvalue weighted by molar-refractivity contribution is -0.181. The maximum Gasteiger partial charge on any atom is 0.261 e. The monoisotopic (exact) mass is 389 g/mol. The van der Waals surface area contributed by atoms with Crippen LogP contribution in [0.15, 0.2) is 24.3 Å². The number of rotatable bonds is 7. The van der Waals surface area contributed by atoms with Crippen LogP contribution in [0.5, 0.6) is 5.75 Å². The van der Waals surface area contributed by atoms with Crippen molar-refractivity contribution in [1.82, 2.24) is 15.3 Å². The molecule has 8 heteroatoms. The number of hydrogen-bond donors (Lipinski definition) is 1. The second kappa shape index (κ2) is 8.28. The quantitative estimate of drug-likeness (QED) is 0.704. The summed E-state index contributed by atoms with van der Waals surface area (Å²) in [5.41, 5.74) is 0.762. The van der Waals surface area contributed by atoms with Crippen molar-refractivity contribution < 1.29 is 24.0 Å². The molecule has 1 aromatic carbocycles. The van der Waals surface area contributed by atoms with E-state index >= 15 is 0 Å². The zero-order valence-electron chi connectivity index (χ0n) is 16.7. The Morgan fingerprint density at radius 2 is 2.04 bits per heavy atom. The molecule has 2 fully saturated rings. The summed E-state index contributed by atoms with van der Waals surface area (Å²) in [5, 5.41) is 4.32. The van der Waals surface area contributed by atoms with E-state index in [1.165, 1.54) is 12.1 Å². The lowest BCUT2D eigenvalue weighted by atomic mass is 9.90. The Labute approximate surface area is 164 Å². The first-order valence-corrected chi connectivity index (χ1v) is 9.49. The topological polar surface area (TPSA) is 88.2 Å². The maximum atomic E-state index is 12.7. The van der Waals surface area contributed by atoms with E-state index in [4.69, 9.17) is 9.57 Å². The summed E-state index contributed by atoms with van der Waals surface area (Å²) in [7, 11) is 3.02. The minimum Gasteiger partial charge on any atom is -0.497 e. The van der Waals surface area contributed by atoms with Gasteiger partial charge < -0.3 is 10.1 Å². The molecule has 0 bridgehead atoms. The molecule has 0 spiro atoms. The molecule has 2 aliphatic rings. The van der Waals surface area contributed by atoms with Crippen LogP contribution in [0.1, 0.15) is 31.9 Å². The fraction of sp³-hybridized carbons (Fsp3) is 0.550. The molecule has 3 unspecified atom stereocenters. The van der Waals surface area contributed by atoms with Crippen LogP contribution in [0.4, 0.5) is 0 Å². The average molecular weight is 389 g/mol. The number of imide groups is 1. The molecule has 2 saturated heterocycles. The van der Waals surface area contributed by atoms with Gasteiger partial charge in [0.25, 0.3) is 5.91 Å². The van der Waals surface area contributed by atoms with E-state index in [0.29, 0.717) is 18.2 Å². The number of hydrogen-bond acceptors (Lipinski definition) is 6. The van der Waals surface area contributed by atoms with Crippen LogP contribution in [0.2, 0.25) is 0 Å². The van der Waals surface area contributed by atoms with Crippen LogP contribution in [-0.4, -0.2) is 61.0 Å². The van der Waals surface area contributed by atoms with E-state index < -0.39 is 18.1 Å². The van der Waals surface area contributed by atoms with Gasteiger partial charge in [0.1, 0.15) is 12.3 Å². The summed E-state index contributed by atoms with van der Waals surface area (Å²) in [4.78, 5) is 44.4. The van der Waals surface area contributed by atoms with Crippen LogP contribution in [0.3, 0.4) is 0 Å². The molecule has 2 aliphatic heterocycles. The largest absolute Gasteiger partial charge is 0.497 e. The molecule has 3 amide bonds. The minimum absolute atomic E-state index is 0.0583. The number of ether oxygens (including phenoxy) is 1. The van der Waals surface area contributed by atoms with Crippen molar-refractivity contribution in [2.75, 3.05) is 27.2 Å². The molecule has 0 aliphatic carbocycles. The summed E-state index contributed by atoms with van der Waals surface area (Å²) in [6.07, 6.45) is -0.0315. The molecule has 28 heavy (non-hydrogen) atoms. The molecule has 2 heterocycles. The highest BCUT2D eigenvalue weighted by Gasteiger charge is 2.58. The number of amides is 3. The number of hydroxylamine groups is 2. The Morgan fingerprint density at radius 1 is 1.29 bits per heavy atom. The number of fused-ring (bicyclic) bond motifs is 1. The Balaban J connectivity index is 1.83. The molecule has 3 atom stereocenters. The second-order valence-corrected chi connectivity index (χ2v) is 7.62. The van der Waals surface area contributed by atoms with Gasteiger partial charge in [0.2, 0.25) is 11.8 Å². The Kier molecular flexibility index (Phi) is 6.00. The fourth-order valence-electron chi connectivity index (χ4n) is 3.64. The van der Waals surface area contributed by atoms with Crippen molar-refractivity contribution in [2.45, 2.75) is 32.4 Å². The summed E-state index contributed by atoms with van der Waals surface area (Å²) in [5.74, 6) is -0.462. The molecule has 0 aromatic heterocycles. The molecule has 1 aromatic rings. The van der Waals surface area contributed by atoms with Crippen LogP contribution < -0.4 is 10.1 Å². The number of nitrogens with one attached hydrogen (secondary N) is 1. The first kappa shape index (κ1) is 20.3. The van der Waals surface area contributed by atoms with Crippen LogP contribution in [0, 0.1) is 11.8 Å². The second-order valence-electron chi connectivity index (χ2n) is 7.62. The SMILES string of the molecule is COc1cccc(C2C3C(=O)N(C)C(=O)C3ON2CC(=O)NCCC(C)C)c1. The third kappa shape index (κ3) is 3.88. The number of methoxy groups -OCH3 is 1. The van der Waals surface area contributed by atoms with Gasteiger partial charge in [-0.15, -0.1) is 0 Å². The lowest BCUT2D eigenvalue weighted by Crippen LogP contribution is -2.40. The highest BCUT2D eigenvalue weighted by atomic mass is 16.7. The van der Waals surface area contributed by atoms with E-state index in [1.807, 2.05) is 12.1 Å². The Bertz CT molecular complexity index is 766. The minimum atomic E-state index is -0.905. The van der Waals surface area contributed by atoms with Crippen LogP contribution in [-0.2, 0) is 19.2 Å². The van der Waals surface area contributed by atoms with Gasteiger partial charge in [-0.3, -0.25) is 24.1 Å². The molecule has 3 rings (SSSR count). The van der Waals surface area contributed by atoms with Crippen LogP contribution in [0.25, 0.3) is 0 Å². The molecular formula is C20H27N3O5. The van der Waals surface area contributed by atoms with E-state index in [-0.39, 0.29) is 24.3 Å². The summed E-state index contributed by atoms with van der Waals surface area (Å²) >= 11 is 0. The fourth-order valence-corrected chi connectivity index (χ4v) is 3.64. The first-order chi connectivity index (χ1) is 13.3. The van der Waals surface area contributed by atoms with Crippen molar-refractivity contribution >= 4 is 17.7 Å². The van der Waals surface area contributed by atoms with Crippen molar-refractivity contribution in [3.63, 3.8) is 0 Å². The molecule has 152 valence electrons. The zero-order chi connectivity index (χ0) is 20.4. The third-order valence-corrected chi connectivity index (χ3v) is 5.19. The molecule has 0 radical (unpaired) electrons. The highest BCUT2D eigenvalue weighted by Crippen LogP contribution is 2.44. The van der Waals surface area contributed by atoms with Gasteiger partial charge in [-0.25, -0.2) is 0 Å². The van der Waals surface area contributed by atoms with Gasteiger partial charge >= 0.3 is 0 Å². The van der Waals surface area contributed by atoms with Gasteiger partial charge in [-0.1, -0.05) is 26.0 Å².